The number of hydrogen-bond acceptors (Lipinski definition) is 4. The Hall–Kier alpha value is -1.92. The molecule has 0 atom stereocenters. The molecular weight excluding hydrogens is 319 g/mol. The van der Waals surface area contributed by atoms with Crippen molar-refractivity contribution < 1.29 is 9.18 Å². The van der Waals surface area contributed by atoms with Crippen molar-refractivity contribution in [2.45, 2.75) is 11.8 Å². The zero-order chi connectivity index (χ0) is 15.5. The molecule has 0 bridgehead atoms. The van der Waals surface area contributed by atoms with Gasteiger partial charge in [0, 0.05) is 4.90 Å². The molecule has 3 rings (SSSR count). The van der Waals surface area contributed by atoms with Crippen molar-refractivity contribution in [3.05, 3.63) is 53.8 Å². The summed E-state index contributed by atoms with van der Waals surface area (Å²) in [7, 11) is 0. The van der Waals surface area contributed by atoms with Gasteiger partial charge in [-0.1, -0.05) is 23.5 Å². The standard InChI is InChI=1S/C16H13FN2OS2/c1-10-3-2-4-13-15(10)19-16(22-13)18-14(20)9-21-12-7-5-11(17)6-8-12/h2-8H,9H2,1H3,(H,18,19,20). The molecule has 0 radical (unpaired) electrons. The number of rotatable bonds is 4. The molecule has 3 nitrogen and oxygen atoms in total. The summed E-state index contributed by atoms with van der Waals surface area (Å²) in [5.41, 5.74) is 2.02. The van der Waals surface area contributed by atoms with Crippen LogP contribution in [-0.2, 0) is 4.79 Å². The Morgan fingerprint density at radius 3 is 2.77 bits per heavy atom. The van der Waals surface area contributed by atoms with Gasteiger partial charge in [-0.15, -0.1) is 11.8 Å². The number of carbonyl (C=O) groups excluding carboxylic acids is 1. The Morgan fingerprint density at radius 2 is 2.05 bits per heavy atom. The number of amides is 1. The topological polar surface area (TPSA) is 42.0 Å². The first kappa shape index (κ1) is 15.0. The van der Waals surface area contributed by atoms with E-state index in [-0.39, 0.29) is 17.5 Å². The Bertz CT molecular complexity index is 815. The molecule has 0 unspecified atom stereocenters. The Morgan fingerprint density at radius 1 is 1.27 bits per heavy atom. The lowest BCUT2D eigenvalue weighted by atomic mass is 10.2. The van der Waals surface area contributed by atoms with E-state index in [4.69, 9.17) is 0 Å². The maximum atomic E-state index is 12.8. The van der Waals surface area contributed by atoms with Gasteiger partial charge in [0.1, 0.15) is 5.82 Å². The van der Waals surface area contributed by atoms with Gasteiger partial charge in [0.15, 0.2) is 5.13 Å². The van der Waals surface area contributed by atoms with Crippen LogP contribution in [0.25, 0.3) is 10.2 Å². The van der Waals surface area contributed by atoms with Gasteiger partial charge in [0.25, 0.3) is 0 Å². The summed E-state index contributed by atoms with van der Waals surface area (Å²) in [6, 6.07) is 12.1. The molecular formula is C16H13FN2OS2. The quantitative estimate of drug-likeness (QED) is 0.717. The van der Waals surface area contributed by atoms with Crippen LogP contribution in [0.1, 0.15) is 5.56 Å². The van der Waals surface area contributed by atoms with Crippen molar-refractivity contribution >= 4 is 44.4 Å². The van der Waals surface area contributed by atoms with Crippen molar-refractivity contribution in [2.24, 2.45) is 0 Å². The number of nitrogens with zero attached hydrogens (tertiary/aromatic N) is 1. The third kappa shape index (κ3) is 3.45. The summed E-state index contributed by atoms with van der Waals surface area (Å²) < 4.78 is 13.9. The zero-order valence-electron chi connectivity index (χ0n) is 11.8. The minimum atomic E-state index is -0.279. The molecule has 0 fully saturated rings. The second-order valence-corrected chi connectivity index (χ2v) is 6.81. The van der Waals surface area contributed by atoms with E-state index in [2.05, 4.69) is 10.3 Å². The Labute approximate surface area is 135 Å². The summed E-state index contributed by atoms with van der Waals surface area (Å²) in [4.78, 5) is 17.3. The van der Waals surface area contributed by atoms with Crippen LogP contribution >= 0.6 is 23.1 Å². The van der Waals surface area contributed by atoms with Crippen LogP contribution in [0, 0.1) is 12.7 Å². The SMILES string of the molecule is Cc1cccc2sc(NC(=O)CSc3ccc(F)cc3)nc12. The number of para-hydroxylation sites is 1. The van der Waals surface area contributed by atoms with E-state index < -0.39 is 0 Å². The highest BCUT2D eigenvalue weighted by Crippen LogP contribution is 2.28. The van der Waals surface area contributed by atoms with Gasteiger partial charge < -0.3 is 5.32 Å². The lowest BCUT2D eigenvalue weighted by molar-refractivity contribution is -0.113. The third-order valence-corrected chi connectivity index (χ3v) is 5.00. The zero-order valence-corrected chi connectivity index (χ0v) is 13.4. The van der Waals surface area contributed by atoms with Gasteiger partial charge in [0.2, 0.25) is 5.91 Å². The third-order valence-electron chi connectivity index (χ3n) is 3.05. The van der Waals surface area contributed by atoms with Gasteiger partial charge in [-0.2, -0.15) is 0 Å². The van der Waals surface area contributed by atoms with Crippen molar-refractivity contribution in [1.29, 1.82) is 0 Å². The molecule has 0 aliphatic rings. The predicted octanol–water partition coefficient (Wildman–Crippen LogP) is 4.47. The lowest BCUT2D eigenvalue weighted by Crippen LogP contribution is -2.13. The molecule has 3 aromatic rings. The van der Waals surface area contributed by atoms with E-state index in [1.165, 1.54) is 35.2 Å². The maximum Gasteiger partial charge on any atom is 0.236 e. The fraction of sp³-hybridized carbons (Fsp3) is 0.125. The van der Waals surface area contributed by atoms with E-state index in [0.717, 1.165) is 20.7 Å². The fourth-order valence-corrected chi connectivity index (χ4v) is 3.63. The molecule has 1 amide bonds. The first-order chi connectivity index (χ1) is 10.6. The number of anilines is 1. The predicted molar refractivity (Wildman–Crippen MR) is 90.1 cm³/mol. The highest BCUT2D eigenvalue weighted by molar-refractivity contribution is 8.00. The first-order valence-corrected chi connectivity index (χ1v) is 8.46. The van der Waals surface area contributed by atoms with Gasteiger partial charge in [-0.3, -0.25) is 4.79 Å². The molecule has 0 aliphatic carbocycles. The number of thioether (sulfide) groups is 1. The van der Waals surface area contributed by atoms with Crippen LogP contribution in [0.5, 0.6) is 0 Å². The van der Waals surface area contributed by atoms with Crippen LogP contribution in [0.2, 0.25) is 0 Å². The minimum absolute atomic E-state index is 0.119. The summed E-state index contributed by atoms with van der Waals surface area (Å²) >= 11 is 2.83. The summed E-state index contributed by atoms with van der Waals surface area (Å²) in [5.74, 6) is -0.134. The molecule has 2 aromatic carbocycles. The number of hydrogen-bond donors (Lipinski definition) is 1. The molecule has 1 heterocycles. The average molecular weight is 332 g/mol. The molecule has 0 aliphatic heterocycles. The maximum absolute atomic E-state index is 12.8. The van der Waals surface area contributed by atoms with E-state index in [9.17, 15) is 9.18 Å². The van der Waals surface area contributed by atoms with E-state index in [1.807, 2.05) is 25.1 Å². The molecule has 22 heavy (non-hydrogen) atoms. The summed E-state index contributed by atoms with van der Waals surface area (Å²) in [6.07, 6.45) is 0. The largest absolute Gasteiger partial charge is 0.301 e. The van der Waals surface area contributed by atoms with Crippen molar-refractivity contribution in [1.82, 2.24) is 4.98 Å². The van der Waals surface area contributed by atoms with Crippen LogP contribution in [0.15, 0.2) is 47.4 Å². The summed E-state index contributed by atoms with van der Waals surface area (Å²) in [6.45, 7) is 2.00. The smallest absolute Gasteiger partial charge is 0.236 e. The minimum Gasteiger partial charge on any atom is -0.301 e. The van der Waals surface area contributed by atoms with Gasteiger partial charge in [0.05, 0.1) is 16.0 Å². The normalized spacial score (nSPS) is 10.8. The first-order valence-electron chi connectivity index (χ1n) is 6.66. The lowest BCUT2D eigenvalue weighted by Gasteiger charge is -2.02. The second-order valence-electron chi connectivity index (χ2n) is 4.73. The van der Waals surface area contributed by atoms with E-state index >= 15 is 0 Å². The monoisotopic (exact) mass is 332 g/mol. The van der Waals surface area contributed by atoms with Gasteiger partial charge in [-0.25, -0.2) is 9.37 Å². The molecule has 0 saturated carbocycles. The van der Waals surface area contributed by atoms with Crippen LogP contribution in [0.3, 0.4) is 0 Å². The van der Waals surface area contributed by atoms with Gasteiger partial charge in [-0.05, 0) is 42.8 Å². The van der Waals surface area contributed by atoms with Crippen molar-refractivity contribution in [3.8, 4) is 0 Å². The molecule has 1 aromatic heterocycles. The highest BCUT2D eigenvalue weighted by atomic mass is 32.2. The van der Waals surface area contributed by atoms with Crippen molar-refractivity contribution in [2.75, 3.05) is 11.1 Å². The van der Waals surface area contributed by atoms with Gasteiger partial charge >= 0.3 is 0 Å². The number of fused-ring (bicyclic) bond motifs is 1. The number of halogens is 1. The summed E-state index contributed by atoms with van der Waals surface area (Å²) in [5, 5.41) is 3.42. The number of aromatic nitrogens is 1. The van der Waals surface area contributed by atoms with E-state index in [1.54, 1.807) is 12.1 Å². The Balaban J connectivity index is 1.63. The molecule has 0 spiro atoms. The fourth-order valence-electron chi connectivity index (χ4n) is 1.97. The second kappa shape index (κ2) is 6.46. The van der Waals surface area contributed by atoms with Crippen LogP contribution in [0.4, 0.5) is 9.52 Å². The molecule has 0 saturated heterocycles. The van der Waals surface area contributed by atoms with Crippen LogP contribution in [-0.4, -0.2) is 16.6 Å². The van der Waals surface area contributed by atoms with Crippen molar-refractivity contribution in [3.63, 3.8) is 0 Å². The van der Waals surface area contributed by atoms with Crippen LogP contribution < -0.4 is 5.32 Å². The molecule has 6 heteroatoms. The van der Waals surface area contributed by atoms with E-state index in [0.29, 0.717) is 5.13 Å². The highest BCUT2D eigenvalue weighted by Gasteiger charge is 2.09. The number of nitrogens with one attached hydrogen (secondary N) is 1. The number of aryl methyl sites for hydroxylation is 1. The number of benzene rings is 2. The number of carbonyl (C=O) groups is 1. The number of thiazole rings is 1. The molecule has 1 N–H and O–H groups in total. The Kier molecular flexibility index (Phi) is 4.40. The average Bonchev–Trinajstić information content (AvgIpc) is 2.90. The molecule has 112 valence electrons.